The van der Waals surface area contributed by atoms with Gasteiger partial charge in [0.1, 0.15) is 23.3 Å². The molecule has 9 nitrogen and oxygen atoms in total. The Labute approximate surface area is 231 Å². The molecular formula is C29H35N3O6S. The predicted octanol–water partition coefficient (Wildman–Crippen LogP) is 4.03. The van der Waals surface area contributed by atoms with Crippen molar-refractivity contribution < 1.29 is 23.4 Å². The summed E-state index contributed by atoms with van der Waals surface area (Å²) in [5, 5.41) is 0. The average molecular weight is 554 g/mol. The third-order valence-electron chi connectivity index (χ3n) is 6.58. The molecule has 1 aliphatic heterocycles. The Bertz CT molecular complexity index is 1540. The molecule has 1 aliphatic rings. The second kappa shape index (κ2) is 12.4. The molecule has 1 atom stereocenters. The van der Waals surface area contributed by atoms with Gasteiger partial charge in [0, 0.05) is 30.8 Å². The van der Waals surface area contributed by atoms with Gasteiger partial charge in [0.2, 0.25) is 0 Å². The van der Waals surface area contributed by atoms with Gasteiger partial charge in [0.05, 0.1) is 36.6 Å². The lowest BCUT2D eigenvalue weighted by Gasteiger charge is -2.27. The number of ether oxygens (including phenoxy) is 3. The van der Waals surface area contributed by atoms with Gasteiger partial charge in [-0.25, -0.2) is 9.79 Å². The van der Waals surface area contributed by atoms with E-state index in [2.05, 4.69) is 18.7 Å². The lowest BCUT2D eigenvalue weighted by atomic mass is 9.93. The summed E-state index contributed by atoms with van der Waals surface area (Å²) in [7, 11) is 3.12. The number of fused-ring (bicyclic) bond motifs is 1. The van der Waals surface area contributed by atoms with Crippen LogP contribution in [0.2, 0.25) is 0 Å². The Hall–Kier alpha value is -3.79. The standard InChI is InChI=1S/C29H35N3O6S/c1-7-11-21-25(28(34)37-10-4)26(20-16-18(35-5)12-14-22(20)36-6)32-27(33)23(39-29(32)30-21)17-19-13-15-24(38-19)31(8-2)9-3/h12-17,26H,7-11H2,1-6H3/b23-17-/t26-/m0/s1. The van der Waals surface area contributed by atoms with Gasteiger partial charge < -0.3 is 23.5 Å². The summed E-state index contributed by atoms with van der Waals surface area (Å²) in [6.07, 6.45) is 3.04. The molecule has 4 rings (SSSR count). The number of hydrogen-bond donors (Lipinski definition) is 0. The monoisotopic (exact) mass is 553 g/mol. The average Bonchev–Trinajstić information content (AvgIpc) is 3.52. The summed E-state index contributed by atoms with van der Waals surface area (Å²) in [6, 6.07) is 8.27. The largest absolute Gasteiger partial charge is 0.497 e. The molecule has 3 heterocycles. The van der Waals surface area contributed by atoms with E-state index in [1.165, 1.54) is 11.3 Å². The van der Waals surface area contributed by atoms with E-state index in [0.717, 1.165) is 25.4 Å². The summed E-state index contributed by atoms with van der Waals surface area (Å²) >= 11 is 1.26. The zero-order chi connectivity index (χ0) is 28.1. The molecule has 1 aromatic carbocycles. The molecule has 208 valence electrons. The summed E-state index contributed by atoms with van der Waals surface area (Å²) in [6.45, 7) is 9.71. The van der Waals surface area contributed by atoms with Crippen LogP contribution in [0.25, 0.3) is 6.08 Å². The molecule has 0 aliphatic carbocycles. The van der Waals surface area contributed by atoms with Crippen molar-refractivity contribution in [3.63, 3.8) is 0 Å². The van der Waals surface area contributed by atoms with Crippen molar-refractivity contribution in [3.8, 4) is 11.5 Å². The molecule has 0 spiro atoms. The Morgan fingerprint density at radius 2 is 1.90 bits per heavy atom. The van der Waals surface area contributed by atoms with E-state index in [1.807, 2.05) is 19.1 Å². The minimum absolute atomic E-state index is 0.196. The van der Waals surface area contributed by atoms with Crippen molar-refractivity contribution in [2.24, 2.45) is 4.99 Å². The number of carbonyl (C=O) groups is 1. The zero-order valence-electron chi connectivity index (χ0n) is 23.3. The molecule has 39 heavy (non-hydrogen) atoms. The van der Waals surface area contributed by atoms with Crippen molar-refractivity contribution in [1.29, 1.82) is 0 Å². The van der Waals surface area contributed by atoms with Crippen LogP contribution in [0.4, 0.5) is 5.88 Å². The van der Waals surface area contributed by atoms with Crippen LogP contribution >= 0.6 is 11.3 Å². The number of nitrogens with zero attached hydrogens (tertiary/aromatic N) is 3. The van der Waals surface area contributed by atoms with Crippen LogP contribution in [0.15, 0.2) is 55.8 Å². The molecule has 0 saturated carbocycles. The van der Waals surface area contributed by atoms with Crippen LogP contribution in [-0.2, 0) is 9.53 Å². The van der Waals surface area contributed by atoms with Crippen LogP contribution in [0.3, 0.4) is 0 Å². The van der Waals surface area contributed by atoms with E-state index in [0.29, 0.717) is 49.8 Å². The third-order valence-corrected chi connectivity index (χ3v) is 7.57. The van der Waals surface area contributed by atoms with E-state index in [-0.39, 0.29) is 12.2 Å². The highest BCUT2D eigenvalue weighted by Crippen LogP contribution is 2.38. The highest BCUT2D eigenvalue weighted by Gasteiger charge is 2.36. The van der Waals surface area contributed by atoms with Gasteiger partial charge in [0.25, 0.3) is 5.56 Å². The van der Waals surface area contributed by atoms with Gasteiger partial charge in [-0.05, 0) is 51.5 Å². The SMILES string of the molecule is CCCC1=C(C(=O)OCC)[C@H](c2cc(OC)ccc2OC)n2c(s/c(=C\c3ccc(N(CC)CC)o3)c2=O)=N1. The first-order valence-corrected chi connectivity index (χ1v) is 14.0. The van der Waals surface area contributed by atoms with Gasteiger partial charge in [-0.1, -0.05) is 24.7 Å². The summed E-state index contributed by atoms with van der Waals surface area (Å²) < 4.78 is 24.7. The van der Waals surface area contributed by atoms with Crippen LogP contribution in [0.5, 0.6) is 11.5 Å². The molecule has 0 bridgehead atoms. The molecule has 0 fully saturated rings. The van der Waals surface area contributed by atoms with E-state index in [4.69, 9.17) is 23.6 Å². The zero-order valence-corrected chi connectivity index (χ0v) is 24.1. The van der Waals surface area contributed by atoms with Gasteiger partial charge in [-0.2, -0.15) is 0 Å². The maximum Gasteiger partial charge on any atom is 0.338 e. The normalized spacial score (nSPS) is 15.1. The first-order chi connectivity index (χ1) is 18.9. The quantitative estimate of drug-likeness (QED) is 0.331. The number of methoxy groups -OCH3 is 2. The van der Waals surface area contributed by atoms with E-state index >= 15 is 0 Å². The molecule has 3 aromatic rings. The minimum atomic E-state index is -0.808. The molecule has 2 aromatic heterocycles. The fraction of sp³-hybridized carbons (Fsp3) is 0.414. The molecule has 10 heteroatoms. The van der Waals surface area contributed by atoms with E-state index < -0.39 is 12.0 Å². The lowest BCUT2D eigenvalue weighted by Crippen LogP contribution is -2.40. The van der Waals surface area contributed by atoms with Gasteiger partial charge in [-0.15, -0.1) is 0 Å². The minimum Gasteiger partial charge on any atom is -0.497 e. The molecular weight excluding hydrogens is 518 g/mol. The first kappa shape index (κ1) is 28.2. The van der Waals surface area contributed by atoms with Crippen LogP contribution in [-0.4, -0.2) is 44.5 Å². The lowest BCUT2D eigenvalue weighted by molar-refractivity contribution is -0.139. The maximum absolute atomic E-state index is 14.0. The number of aromatic nitrogens is 1. The first-order valence-electron chi connectivity index (χ1n) is 13.2. The van der Waals surface area contributed by atoms with Crippen molar-refractivity contribution in [1.82, 2.24) is 4.57 Å². The van der Waals surface area contributed by atoms with Crippen molar-refractivity contribution in [3.05, 3.63) is 72.6 Å². The van der Waals surface area contributed by atoms with Crippen molar-refractivity contribution in [2.45, 2.75) is 46.6 Å². The number of anilines is 1. The number of furan rings is 1. The number of rotatable bonds is 11. The molecule has 0 N–H and O–H groups in total. The Kier molecular flexibility index (Phi) is 8.96. The number of thiazole rings is 1. The maximum atomic E-state index is 14.0. The summed E-state index contributed by atoms with van der Waals surface area (Å²) in [5.41, 5.74) is 1.25. The second-order valence-electron chi connectivity index (χ2n) is 8.87. The second-order valence-corrected chi connectivity index (χ2v) is 9.88. The number of benzene rings is 1. The smallest absolute Gasteiger partial charge is 0.338 e. The number of esters is 1. The van der Waals surface area contributed by atoms with E-state index in [1.54, 1.807) is 50.0 Å². The molecule has 0 radical (unpaired) electrons. The molecule has 0 amide bonds. The van der Waals surface area contributed by atoms with Crippen molar-refractivity contribution in [2.75, 3.05) is 38.8 Å². The van der Waals surface area contributed by atoms with Crippen molar-refractivity contribution >= 4 is 29.3 Å². The van der Waals surface area contributed by atoms with Gasteiger partial charge in [0.15, 0.2) is 10.7 Å². The topological polar surface area (TPSA) is 95.5 Å². The number of hydrogen-bond acceptors (Lipinski definition) is 9. The van der Waals surface area contributed by atoms with Crippen LogP contribution in [0.1, 0.15) is 57.9 Å². The Balaban J connectivity index is 1.99. The van der Waals surface area contributed by atoms with Gasteiger partial charge >= 0.3 is 5.97 Å². The number of carbonyl (C=O) groups excluding carboxylic acids is 1. The fourth-order valence-electron chi connectivity index (χ4n) is 4.72. The number of allylic oxidation sites excluding steroid dienone is 1. The predicted molar refractivity (Wildman–Crippen MR) is 151 cm³/mol. The summed E-state index contributed by atoms with van der Waals surface area (Å²) in [4.78, 5) is 34.8. The van der Waals surface area contributed by atoms with E-state index in [9.17, 15) is 9.59 Å². The van der Waals surface area contributed by atoms with Crippen LogP contribution < -0.4 is 29.3 Å². The Morgan fingerprint density at radius 3 is 2.54 bits per heavy atom. The Morgan fingerprint density at radius 1 is 1.13 bits per heavy atom. The summed E-state index contributed by atoms with van der Waals surface area (Å²) in [5.74, 6) is 1.89. The third kappa shape index (κ3) is 5.52. The molecule has 0 unspecified atom stereocenters. The van der Waals surface area contributed by atoms with Gasteiger partial charge in [-0.3, -0.25) is 9.36 Å². The highest BCUT2D eigenvalue weighted by atomic mass is 32.1. The van der Waals surface area contributed by atoms with Crippen LogP contribution in [0, 0.1) is 0 Å². The molecule has 0 saturated heterocycles. The highest BCUT2D eigenvalue weighted by molar-refractivity contribution is 7.07. The fourth-order valence-corrected chi connectivity index (χ4v) is 5.72.